The van der Waals surface area contributed by atoms with Crippen molar-refractivity contribution in [1.82, 2.24) is 10.2 Å². The molecule has 2 N–H and O–H groups in total. The van der Waals surface area contributed by atoms with Gasteiger partial charge in [0.05, 0.1) is 18.0 Å². The van der Waals surface area contributed by atoms with Gasteiger partial charge in [-0.05, 0) is 75.5 Å². The molecule has 3 rings (SSSR count). The second kappa shape index (κ2) is 10.4. The van der Waals surface area contributed by atoms with Crippen LogP contribution in [0.1, 0.15) is 95.6 Å². The number of rotatable bonds is 6. The van der Waals surface area contributed by atoms with Crippen molar-refractivity contribution < 1.29 is 19.4 Å². The number of aliphatic imine (C=N–C) groups is 1. The second-order valence-electron chi connectivity index (χ2n) is 11.7. The van der Waals surface area contributed by atoms with Crippen LogP contribution in [0.3, 0.4) is 0 Å². The van der Waals surface area contributed by atoms with Crippen LogP contribution >= 0.6 is 0 Å². The van der Waals surface area contributed by atoms with Crippen LogP contribution in [0.25, 0.3) is 0 Å². The number of nitrogens with zero attached hydrogens (tertiary/aromatic N) is 2. The zero-order chi connectivity index (χ0) is 25.1. The Morgan fingerprint density at radius 1 is 1.06 bits per heavy atom. The lowest BCUT2D eigenvalue weighted by molar-refractivity contribution is -0.136. The number of carboxylic acid groups (broad SMARTS) is 1. The van der Waals surface area contributed by atoms with E-state index in [2.05, 4.69) is 51.8 Å². The number of benzene rings is 1. The lowest BCUT2D eigenvalue weighted by Gasteiger charge is -2.41. The number of hydrogen-bond donors (Lipinski definition) is 2. The van der Waals surface area contributed by atoms with E-state index >= 15 is 0 Å². The monoisotopic (exact) mass is 471 g/mol. The highest BCUT2D eigenvalue weighted by atomic mass is 16.5. The fraction of sp³-hybridized carbons (Fsp3) is 0.667. The van der Waals surface area contributed by atoms with Crippen LogP contribution in [0.2, 0.25) is 0 Å². The molecule has 2 aliphatic rings. The van der Waals surface area contributed by atoms with Gasteiger partial charge in [-0.1, -0.05) is 32.9 Å². The summed E-state index contributed by atoms with van der Waals surface area (Å²) < 4.78 is 6.15. The van der Waals surface area contributed by atoms with Crippen LogP contribution in [0.15, 0.2) is 29.3 Å². The number of ether oxygens (including phenoxy) is 1. The summed E-state index contributed by atoms with van der Waals surface area (Å²) in [6, 6.07) is 8.74. The standard InChI is InChI=1S/C27H41N3O4/c1-26(2,3)20-11-13-21(14-12-20)30-22(17-34-25(30)29-27(4,5)6)18-7-9-19(10-8-18)24(33)28-16-15-23(31)32/h7-10,20-22H,11-17H2,1-6H3,(H,28,33)(H,31,32). The summed E-state index contributed by atoms with van der Waals surface area (Å²) in [6.07, 6.45) is 4.56. The summed E-state index contributed by atoms with van der Waals surface area (Å²) in [6.45, 7) is 13.9. The fourth-order valence-electron chi connectivity index (χ4n) is 4.95. The molecule has 0 aromatic heterocycles. The number of aliphatic carboxylic acids is 1. The Balaban J connectivity index is 1.77. The summed E-state index contributed by atoms with van der Waals surface area (Å²) in [5.74, 6) is -0.461. The Bertz CT molecular complexity index is 888. The van der Waals surface area contributed by atoms with Crippen LogP contribution in [0, 0.1) is 11.3 Å². The Kier molecular flexibility index (Phi) is 7.94. The van der Waals surface area contributed by atoms with Crippen LogP contribution in [0.4, 0.5) is 0 Å². The largest absolute Gasteiger partial charge is 0.481 e. The zero-order valence-electron chi connectivity index (χ0n) is 21.6. The predicted octanol–water partition coefficient (Wildman–Crippen LogP) is 5.02. The SMILES string of the molecule is CC(C)(C)N=C1OCC(c2ccc(C(=O)NCCC(=O)O)cc2)N1C1CCC(C(C)(C)C)CC1. The molecule has 7 nitrogen and oxygen atoms in total. The van der Waals surface area contributed by atoms with Gasteiger partial charge >= 0.3 is 5.97 Å². The van der Waals surface area contributed by atoms with Gasteiger partial charge in [-0.25, -0.2) is 4.99 Å². The molecule has 1 atom stereocenters. The molecule has 2 fully saturated rings. The fourth-order valence-corrected chi connectivity index (χ4v) is 4.95. The van der Waals surface area contributed by atoms with Gasteiger partial charge in [0.1, 0.15) is 6.61 Å². The third kappa shape index (κ3) is 6.73. The summed E-state index contributed by atoms with van der Waals surface area (Å²) in [5.41, 5.74) is 1.71. The molecular formula is C27H41N3O4. The van der Waals surface area contributed by atoms with E-state index in [0.29, 0.717) is 23.6 Å². The molecule has 1 aromatic rings. The molecule has 1 saturated carbocycles. The van der Waals surface area contributed by atoms with Gasteiger partial charge in [0.15, 0.2) is 0 Å². The molecule has 1 aliphatic carbocycles. The van der Waals surface area contributed by atoms with Gasteiger partial charge < -0.3 is 20.1 Å². The number of carbonyl (C=O) groups excluding carboxylic acids is 1. The van der Waals surface area contributed by atoms with Crippen molar-refractivity contribution in [3.05, 3.63) is 35.4 Å². The summed E-state index contributed by atoms with van der Waals surface area (Å²) in [5, 5.41) is 11.4. The minimum absolute atomic E-state index is 0.0569. The molecule has 1 saturated heterocycles. The van der Waals surface area contributed by atoms with E-state index in [-0.39, 0.29) is 30.5 Å². The van der Waals surface area contributed by atoms with E-state index in [1.54, 1.807) is 12.1 Å². The molecule has 0 radical (unpaired) electrons. The van der Waals surface area contributed by atoms with Gasteiger partial charge in [0.2, 0.25) is 0 Å². The molecular weight excluding hydrogens is 430 g/mol. The smallest absolute Gasteiger partial charge is 0.305 e. The quantitative estimate of drug-likeness (QED) is 0.608. The number of carboxylic acids is 1. The molecule has 34 heavy (non-hydrogen) atoms. The van der Waals surface area contributed by atoms with E-state index < -0.39 is 5.97 Å². The van der Waals surface area contributed by atoms with Crippen molar-refractivity contribution in [3.63, 3.8) is 0 Å². The number of nitrogens with one attached hydrogen (secondary N) is 1. The maximum atomic E-state index is 12.3. The Morgan fingerprint density at radius 3 is 2.21 bits per heavy atom. The summed E-state index contributed by atoms with van der Waals surface area (Å²) in [4.78, 5) is 30.3. The molecule has 1 unspecified atom stereocenters. The topological polar surface area (TPSA) is 91.2 Å². The first kappa shape index (κ1) is 26.0. The molecule has 1 amide bonds. The average Bonchev–Trinajstić information content (AvgIpc) is 3.14. The second-order valence-corrected chi connectivity index (χ2v) is 11.7. The van der Waals surface area contributed by atoms with Gasteiger partial charge in [-0.2, -0.15) is 0 Å². The van der Waals surface area contributed by atoms with Crippen molar-refractivity contribution in [2.45, 2.75) is 91.3 Å². The van der Waals surface area contributed by atoms with Gasteiger partial charge in [-0.3, -0.25) is 9.59 Å². The van der Waals surface area contributed by atoms with Gasteiger partial charge in [0.25, 0.3) is 11.9 Å². The Morgan fingerprint density at radius 2 is 1.68 bits per heavy atom. The maximum Gasteiger partial charge on any atom is 0.305 e. The Labute approximate surface area is 204 Å². The number of amidine groups is 1. The average molecular weight is 472 g/mol. The van der Waals surface area contributed by atoms with Crippen molar-refractivity contribution in [1.29, 1.82) is 0 Å². The molecule has 1 heterocycles. The van der Waals surface area contributed by atoms with E-state index in [4.69, 9.17) is 14.8 Å². The first-order chi connectivity index (χ1) is 15.8. The molecule has 0 spiro atoms. The number of amides is 1. The molecule has 188 valence electrons. The van der Waals surface area contributed by atoms with Crippen LogP contribution in [-0.4, -0.2) is 52.6 Å². The third-order valence-corrected chi connectivity index (χ3v) is 6.85. The van der Waals surface area contributed by atoms with Crippen molar-refractivity contribution in [3.8, 4) is 0 Å². The highest BCUT2D eigenvalue weighted by molar-refractivity contribution is 5.94. The molecule has 1 aliphatic heterocycles. The van der Waals surface area contributed by atoms with Gasteiger partial charge in [-0.15, -0.1) is 0 Å². The van der Waals surface area contributed by atoms with Crippen LogP contribution < -0.4 is 5.32 Å². The first-order valence-corrected chi connectivity index (χ1v) is 12.5. The third-order valence-electron chi connectivity index (χ3n) is 6.85. The summed E-state index contributed by atoms with van der Waals surface area (Å²) in [7, 11) is 0. The van der Waals surface area contributed by atoms with Crippen LogP contribution in [0.5, 0.6) is 0 Å². The number of carbonyl (C=O) groups is 2. The molecule has 7 heteroatoms. The van der Waals surface area contributed by atoms with Crippen molar-refractivity contribution in [2.75, 3.05) is 13.2 Å². The van der Waals surface area contributed by atoms with Crippen LogP contribution in [-0.2, 0) is 9.53 Å². The lowest BCUT2D eigenvalue weighted by atomic mass is 9.71. The van der Waals surface area contributed by atoms with E-state index in [1.807, 2.05) is 12.1 Å². The zero-order valence-corrected chi connectivity index (χ0v) is 21.6. The van der Waals surface area contributed by atoms with Crippen molar-refractivity contribution >= 4 is 17.9 Å². The minimum Gasteiger partial charge on any atom is -0.481 e. The highest BCUT2D eigenvalue weighted by Gasteiger charge is 2.41. The lowest BCUT2D eigenvalue weighted by Crippen LogP contribution is -2.43. The van der Waals surface area contributed by atoms with E-state index in [9.17, 15) is 9.59 Å². The van der Waals surface area contributed by atoms with Gasteiger partial charge in [0, 0.05) is 18.2 Å². The summed E-state index contributed by atoms with van der Waals surface area (Å²) >= 11 is 0. The molecule has 0 bridgehead atoms. The number of hydrogen-bond acceptors (Lipinski definition) is 4. The normalized spacial score (nSPS) is 24.7. The Hall–Kier alpha value is -2.57. The van der Waals surface area contributed by atoms with E-state index in [1.165, 1.54) is 12.8 Å². The highest BCUT2D eigenvalue weighted by Crippen LogP contribution is 2.42. The van der Waals surface area contributed by atoms with Crippen molar-refractivity contribution in [2.24, 2.45) is 16.3 Å². The first-order valence-electron chi connectivity index (χ1n) is 12.5. The predicted molar refractivity (Wildman–Crippen MR) is 134 cm³/mol. The minimum atomic E-state index is -0.929. The maximum absolute atomic E-state index is 12.3. The van der Waals surface area contributed by atoms with E-state index in [0.717, 1.165) is 30.3 Å². The molecule has 1 aromatic carbocycles.